The van der Waals surface area contributed by atoms with E-state index in [4.69, 9.17) is 9.84 Å². The molecule has 1 aromatic heterocycles. The lowest BCUT2D eigenvalue weighted by Gasteiger charge is -2.12. The molecule has 0 saturated carbocycles. The summed E-state index contributed by atoms with van der Waals surface area (Å²) in [5.74, 6) is 1.82. The second-order valence-corrected chi connectivity index (χ2v) is 4.44. The van der Waals surface area contributed by atoms with Crippen molar-refractivity contribution in [3.63, 3.8) is 0 Å². The predicted octanol–water partition coefficient (Wildman–Crippen LogP) is 2.00. The third kappa shape index (κ3) is 4.49. The molecule has 0 spiro atoms. The predicted molar refractivity (Wildman–Crippen MR) is 71.9 cm³/mol. The first-order valence-electron chi connectivity index (χ1n) is 6.48. The van der Waals surface area contributed by atoms with Crippen LogP contribution in [0.3, 0.4) is 0 Å². The third-order valence-corrected chi connectivity index (χ3v) is 2.80. The Kier molecular flexibility index (Phi) is 6.43. The van der Waals surface area contributed by atoms with Gasteiger partial charge in [-0.05, 0) is 32.6 Å². The van der Waals surface area contributed by atoms with Crippen LogP contribution in [-0.4, -0.2) is 34.8 Å². The number of nitrogens with zero attached hydrogens (tertiary/aromatic N) is 2. The van der Waals surface area contributed by atoms with Crippen molar-refractivity contribution in [1.82, 2.24) is 9.97 Å². The lowest BCUT2D eigenvalue weighted by molar-refractivity contribution is 0.229. The molecular weight excluding hydrogens is 230 g/mol. The van der Waals surface area contributed by atoms with Crippen LogP contribution >= 0.6 is 0 Å². The molecule has 1 unspecified atom stereocenters. The van der Waals surface area contributed by atoms with Gasteiger partial charge >= 0.3 is 0 Å². The van der Waals surface area contributed by atoms with Gasteiger partial charge in [-0.1, -0.05) is 6.92 Å². The lowest BCUT2D eigenvalue weighted by Crippen LogP contribution is -2.09. The van der Waals surface area contributed by atoms with E-state index in [1.807, 2.05) is 20.8 Å². The van der Waals surface area contributed by atoms with Crippen LogP contribution in [0.4, 0.5) is 5.82 Å². The number of ether oxygens (including phenoxy) is 1. The molecule has 2 N–H and O–H groups in total. The number of aliphatic hydroxyl groups is 1. The number of nitrogens with one attached hydrogen (secondary N) is 1. The Balaban J connectivity index is 2.44. The highest BCUT2D eigenvalue weighted by Crippen LogP contribution is 2.20. The normalized spacial score (nSPS) is 12.2. The van der Waals surface area contributed by atoms with Crippen LogP contribution in [0.2, 0.25) is 0 Å². The molecule has 102 valence electrons. The Bertz CT molecular complexity index is 358. The number of rotatable bonds is 8. The molecule has 1 heterocycles. The minimum Gasteiger partial charge on any atom is -0.478 e. The minimum atomic E-state index is 0.251. The molecule has 18 heavy (non-hydrogen) atoms. The number of anilines is 1. The van der Waals surface area contributed by atoms with Gasteiger partial charge in [0.15, 0.2) is 0 Å². The second-order valence-electron chi connectivity index (χ2n) is 4.44. The van der Waals surface area contributed by atoms with E-state index < -0.39 is 0 Å². The first-order chi connectivity index (χ1) is 8.69. The van der Waals surface area contributed by atoms with Gasteiger partial charge in [0.2, 0.25) is 5.88 Å². The average molecular weight is 253 g/mol. The molecule has 0 aliphatic heterocycles. The summed E-state index contributed by atoms with van der Waals surface area (Å²) in [7, 11) is 0. The molecule has 0 radical (unpaired) electrons. The summed E-state index contributed by atoms with van der Waals surface area (Å²) in [4.78, 5) is 8.30. The Morgan fingerprint density at radius 1 is 1.44 bits per heavy atom. The van der Waals surface area contributed by atoms with Crippen molar-refractivity contribution in [3.05, 3.63) is 11.9 Å². The Morgan fingerprint density at radius 3 is 2.89 bits per heavy atom. The Hall–Kier alpha value is -1.36. The summed E-state index contributed by atoms with van der Waals surface area (Å²) >= 11 is 0. The van der Waals surface area contributed by atoms with Crippen LogP contribution in [-0.2, 0) is 0 Å². The highest BCUT2D eigenvalue weighted by atomic mass is 16.5. The van der Waals surface area contributed by atoms with E-state index in [0.29, 0.717) is 18.4 Å². The third-order valence-electron chi connectivity index (χ3n) is 2.80. The first-order valence-corrected chi connectivity index (χ1v) is 6.48. The smallest absolute Gasteiger partial charge is 0.221 e. The molecule has 5 heteroatoms. The van der Waals surface area contributed by atoms with Crippen molar-refractivity contribution in [2.75, 3.05) is 25.1 Å². The maximum absolute atomic E-state index is 8.93. The van der Waals surface area contributed by atoms with Crippen molar-refractivity contribution in [2.24, 2.45) is 5.92 Å². The van der Waals surface area contributed by atoms with Crippen LogP contribution in [0.5, 0.6) is 5.88 Å². The molecule has 5 nitrogen and oxygen atoms in total. The maximum Gasteiger partial charge on any atom is 0.221 e. The van der Waals surface area contributed by atoms with Crippen molar-refractivity contribution in [1.29, 1.82) is 0 Å². The number of aliphatic hydroxyl groups excluding tert-OH is 1. The van der Waals surface area contributed by atoms with Gasteiger partial charge < -0.3 is 15.2 Å². The summed E-state index contributed by atoms with van der Waals surface area (Å²) in [6, 6.07) is 0. The van der Waals surface area contributed by atoms with Crippen molar-refractivity contribution in [3.8, 4) is 5.88 Å². The van der Waals surface area contributed by atoms with Gasteiger partial charge in [0.05, 0.1) is 12.2 Å². The molecule has 0 aromatic carbocycles. The quantitative estimate of drug-likeness (QED) is 0.694. The van der Waals surface area contributed by atoms with Crippen LogP contribution in [0.25, 0.3) is 0 Å². The zero-order valence-electron chi connectivity index (χ0n) is 11.4. The Morgan fingerprint density at radius 2 is 2.22 bits per heavy atom. The number of hydrogen-bond acceptors (Lipinski definition) is 5. The van der Waals surface area contributed by atoms with Gasteiger partial charge in [0, 0.05) is 13.2 Å². The summed E-state index contributed by atoms with van der Waals surface area (Å²) in [6.45, 7) is 7.62. The van der Waals surface area contributed by atoms with E-state index in [9.17, 15) is 0 Å². The largest absolute Gasteiger partial charge is 0.478 e. The van der Waals surface area contributed by atoms with E-state index in [1.165, 1.54) is 6.33 Å². The summed E-state index contributed by atoms with van der Waals surface area (Å²) in [5.41, 5.74) is 0.939. The zero-order valence-corrected chi connectivity index (χ0v) is 11.4. The minimum absolute atomic E-state index is 0.251. The highest BCUT2D eigenvalue weighted by Gasteiger charge is 2.07. The van der Waals surface area contributed by atoms with E-state index in [1.54, 1.807) is 0 Å². The number of hydrogen-bond donors (Lipinski definition) is 2. The summed E-state index contributed by atoms with van der Waals surface area (Å²) < 4.78 is 5.42. The van der Waals surface area contributed by atoms with Crippen molar-refractivity contribution >= 4 is 5.82 Å². The molecule has 0 aliphatic carbocycles. The van der Waals surface area contributed by atoms with Gasteiger partial charge in [0.25, 0.3) is 0 Å². The van der Waals surface area contributed by atoms with E-state index in [0.717, 1.165) is 30.8 Å². The SMILES string of the molecule is CCOc1ncnc(NCCCC(C)CO)c1C. The van der Waals surface area contributed by atoms with Gasteiger partial charge in [-0.25, -0.2) is 9.97 Å². The first kappa shape index (κ1) is 14.7. The molecule has 0 aliphatic rings. The monoisotopic (exact) mass is 253 g/mol. The van der Waals surface area contributed by atoms with Gasteiger partial charge in [-0.15, -0.1) is 0 Å². The average Bonchev–Trinajstić information content (AvgIpc) is 2.38. The van der Waals surface area contributed by atoms with Crippen molar-refractivity contribution < 1.29 is 9.84 Å². The van der Waals surface area contributed by atoms with E-state index in [-0.39, 0.29) is 6.61 Å². The second kappa shape index (κ2) is 7.87. The molecule has 0 fully saturated rings. The maximum atomic E-state index is 8.93. The van der Waals surface area contributed by atoms with Crippen molar-refractivity contribution in [2.45, 2.75) is 33.6 Å². The molecule has 0 bridgehead atoms. The molecule has 1 atom stereocenters. The molecule has 0 amide bonds. The van der Waals surface area contributed by atoms with E-state index in [2.05, 4.69) is 15.3 Å². The molecule has 0 saturated heterocycles. The van der Waals surface area contributed by atoms with Crippen LogP contribution in [0, 0.1) is 12.8 Å². The summed E-state index contributed by atoms with van der Waals surface area (Å²) in [5, 5.41) is 12.2. The lowest BCUT2D eigenvalue weighted by atomic mass is 10.1. The fourth-order valence-electron chi connectivity index (χ4n) is 1.64. The highest BCUT2D eigenvalue weighted by molar-refractivity contribution is 5.47. The van der Waals surface area contributed by atoms with E-state index >= 15 is 0 Å². The van der Waals surface area contributed by atoms with Gasteiger partial charge in [0.1, 0.15) is 12.1 Å². The topological polar surface area (TPSA) is 67.3 Å². The molecule has 1 aromatic rings. The number of aromatic nitrogens is 2. The summed E-state index contributed by atoms with van der Waals surface area (Å²) in [6.07, 6.45) is 3.53. The molecular formula is C13H23N3O2. The van der Waals surface area contributed by atoms with Crippen LogP contribution in [0.15, 0.2) is 6.33 Å². The van der Waals surface area contributed by atoms with Crippen LogP contribution < -0.4 is 10.1 Å². The fourth-order valence-corrected chi connectivity index (χ4v) is 1.64. The standard InChI is InChI=1S/C13H23N3O2/c1-4-18-13-11(3)12(15-9-16-13)14-7-5-6-10(2)8-17/h9-10,17H,4-8H2,1-3H3,(H,14,15,16). The Labute approximate surface area is 109 Å². The fraction of sp³-hybridized carbons (Fsp3) is 0.692. The van der Waals surface area contributed by atoms with Crippen LogP contribution in [0.1, 0.15) is 32.3 Å². The van der Waals surface area contributed by atoms with Gasteiger partial charge in [-0.2, -0.15) is 0 Å². The zero-order chi connectivity index (χ0) is 13.4. The van der Waals surface area contributed by atoms with Gasteiger partial charge in [-0.3, -0.25) is 0 Å². The molecule has 1 rings (SSSR count).